The Bertz CT molecular complexity index is 639. The molecule has 0 bridgehead atoms. The first-order chi connectivity index (χ1) is 9.63. The van der Waals surface area contributed by atoms with E-state index in [1.165, 1.54) is 12.4 Å². The number of benzene rings is 1. The van der Waals surface area contributed by atoms with E-state index in [-0.39, 0.29) is 11.3 Å². The van der Waals surface area contributed by atoms with Gasteiger partial charge in [0.25, 0.3) is 0 Å². The van der Waals surface area contributed by atoms with Crippen LogP contribution in [-0.2, 0) is 23.1 Å². The Morgan fingerprint density at radius 3 is 2.85 bits per heavy atom. The van der Waals surface area contributed by atoms with Crippen molar-refractivity contribution in [2.24, 2.45) is 0 Å². The van der Waals surface area contributed by atoms with Crippen LogP contribution in [0.3, 0.4) is 0 Å². The maximum atomic E-state index is 12.4. The maximum absolute atomic E-state index is 12.4. The zero-order chi connectivity index (χ0) is 14.5. The van der Waals surface area contributed by atoms with Crippen LogP contribution in [0.1, 0.15) is 29.5 Å². The van der Waals surface area contributed by atoms with Crippen molar-refractivity contribution in [3.63, 3.8) is 0 Å². The van der Waals surface area contributed by atoms with E-state index in [4.69, 9.17) is 5.11 Å². The number of rotatable bonds is 6. The van der Waals surface area contributed by atoms with Crippen LogP contribution in [0.4, 0.5) is 0 Å². The van der Waals surface area contributed by atoms with Gasteiger partial charge in [-0.1, -0.05) is 19.1 Å². The molecule has 0 aliphatic carbocycles. The number of carbonyl (C=O) groups is 1. The van der Waals surface area contributed by atoms with Crippen LogP contribution in [0, 0.1) is 0 Å². The molecule has 0 aliphatic rings. The predicted molar refractivity (Wildman–Crippen MR) is 73.8 cm³/mol. The molecule has 20 heavy (non-hydrogen) atoms. The summed E-state index contributed by atoms with van der Waals surface area (Å²) in [5.41, 5.74) is 0.0624. The molecule has 1 aromatic carbocycles. The van der Waals surface area contributed by atoms with E-state index in [2.05, 4.69) is 10.1 Å². The smallest absolute Gasteiger partial charge is 0.336 e. The zero-order valence-corrected chi connectivity index (χ0v) is 11.8. The first kappa shape index (κ1) is 14.4. The third kappa shape index (κ3) is 3.11. The van der Waals surface area contributed by atoms with Gasteiger partial charge in [0.05, 0.1) is 27.0 Å². The Balaban J connectivity index is 2.24. The Hall–Kier alpha value is -2.02. The Morgan fingerprint density at radius 1 is 1.40 bits per heavy atom. The van der Waals surface area contributed by atoms with Crippen LogP contribution in [0.5, 0.6) is 0 Å². The second-order valence-electron chi connectivity index (χ2n) is 4.19. The molecule has 0 amide bonds. The number of carboxylic acid groups (broad SMARTS) is 1. The maximum Gasteiger partial charge on any atom is 0.336 e. The number of hydrogen-bond acceptors (Lipinski definition) is 4. The summed E-state index contributed by atoms with van der Waals surface area (Å²) in [5, 5.41) is 13.2. The lowest BCUT2D eigenvalue weighted by molar-refractivity contribution is 0.0693. The van der Waals surface area contributed by atoms with Crippen molar-refractivity contribution in [3.05, 3.63) is 42.0 Å². The second kappa shape index (κ2) is 6.42. The Kier molecular flexibility index (Phi) is 4.62. The number of aromatic carboxylic acids is 1. The van der Waals surface area contributed by atoms with Gasteiger partial charge in [-0.2, -0.15) is 5.10 Å². The molecular formula is C13H15N3O3S. The third-order valence-corrected chi connectivity index (χ3v) is 4.12. The van der Waals surface area contributed by atoms with Crippen LogP contribution >= 0.6 is 0 Å². The summed E-state index contributed by atoms with van der Waals surface area (Å²) in [6.07, 6.45) is 2.32. The van der Waals surface area contributed by atoms with Gasteiger partial charge in [-0.15, -0.1) is 0 Å². The van der Waals surface area contributed by atoms with Crippen molar-refractivity contribution in [2.45, 2.75) is 30.5 Å². The molecule has 7 heteroatoms. The van der Waals surface area contributed by atoms with Gasteiger partial charge in [0.1, 0.15) is 12.2 Å². The minimum absolute atomic E-state index is 0.0624. The summed E-state index contributed by atoms with van der Waals surface area (Å²) in [6, 6.07) is 6.31. The van der Waals surface area contributed by atoms with E-state index in [1.807, 2.05) is 6.92 Å². The van der Waals surface area contributed by atoms with Crippen LogP contribution in [0.25, 0.3) is 0 Å². The van der Waals surface area contributed by atoms with Crippen molar-refractivity contribution in [2.75, 3.05) is 0 Å². The summed E-state index contributed by atoms with van der Waals surface area (Å²) in [6.45, 7) is 2.72. The number of hydrogen-bond donors (Lipinski definition) is 1. The van der Waals surface area contributed by atoms with E-state index in [0.717, 1.165) is 6.42 Å². The molecule has 1 N–H and O–H groups in total. The van der Waals surface area contributed by atoms with E-state index in [0.29, 0.717) is 17.3 Å². The molecule has 1 unspecified atom stereocenters. The zero-order valence-electron chi connectivity index (χ0n) is 11.0. The lowest BCUT2D eigenvalue weighted by atomic mass is 10.2. The van der Waals surface area contributed by atoms with Gasteiger partial charge < -0.3 is 5.11 Å². The fourth-order valence-electron chi connectivity index (χ4n) is 1.84. The molecule has 1 atom stereocenters. The first-order valence-electron chi connectivity index (χ1n) is 6.21. The van der Waals surface area contributed by atoms with Crippen molar-refractivity contribution < 1.29 is 14.1 Å². The summed E-state index contributed by atoms with van der Waals surface area (Å²) in [5.74, 6) is -0.320. The molecule has 6 nitrogen and oxygen atoms in total. The number of aryl methyl sites for hydroxylation is 1. The topological polar surface area (TPSA) is 85.1 Å². The molecular weight excluding hydrogens is 278 g/mol. The lowest BCUT2D eigenvalue weighted by Gasteiger charge is -2.07. The van der Waals surface area contributed by atoms with Gasteiger partial charge in [-0.3, -0.25) is 4.21 Å². The number of nitrogens with zero attached hydrogens (tertiary/aromatic N) is 3. The van der Waals surface area contributed by atoms with Crippen LogP contribution in [0.15, 0.2) is 35.5 Å². The molecule has 2 aromatic rings. The minimum Gasteiger partial charge on any atom is -0.478 e. The summed E-state index contributed by atoms with van der Waals surface area (Å²) < 4.78 is 14.1. The van der Waals surface area contributed by atoms with Gasteiger partial charge in [-0.05, 0) is 18.6 Å². The second-order valence-corrected chi connectivity index (χ2v) is 5.61. The third-order valence-electron chi connectivity index (χ3n) is 2.75. The highest BCUT2D eigenvalue weighted by molar-refractivity contribution is 7.84. The highest BCUT2D eigenvalue weighted by Crippen LogP contribution is 2.16. The van der Waals surface area contributed by atoms with Gasteiger partial charge >= 0.3 is 5.97 Å². The van der Waals surface area contributed by atoms with Crippen molar-refractivity contribution in [3.8, 4) is 0 Å². The van der Waals surface area contributed by atoms with Crippen molar-refractivity contribution in [1.82, 2.24) is 14.8 Å². The number of aromatic nitrogens is 3. The fourth-order valence-corrected chi connectivity index (χ4v) is 3.08. The highest BCUT2D eigenvalue weighted by atomic mass is 32.2. The van der Waals surface area contributed by atoms with Gasteiger partial charge in [0.2, 0.25) is 0 Å². The normalized spacial score (nSPS) is 12.2. The lowest BCUT2D eigenvalue weighted by Crippen LogP contribution is -2.10. The Morgan fingerprint density at radius 2 is 2.15 bits per heavy atom. The van der Waals surface area contributed by atoms with Gasteiger partial charge in [0.15, 0.2) is 0 Å². The van der Waals surface area contributed by atoms with Crippen molar-refractivity contribution in [1.29, 1.82) is 0 Å². The average Bonchev–Trinajstić information content (AvgIpc) is 2.86. The summed E-state index contributed by atoms with van der Waals surface area (Å²) in [4.78, 5) is 15.5. The quantitative estimate of drug-likeness (QED) is 0.876. The van der Waals surface area contributed by atoms with Gasteiger partial charge in [0, 0.05) is 6.54 Å². The first-order valence-corrected chi connectivity index (χ1v) is 7.52. The van der Waals surface area contributed by atoms with Crippen LogP contribution < -0.4 is 0 Å². The molecule has 1 heterocycles. The van der Waals surface area contributed by atoms with Crippen LogP contribution in [-0.4, -0.2) is 30.0 Å². The SMILES string of the molecule is CCCn1ncnc1CS(=O)c1ccccc1C(=O)O. The molecule has 0 saturated carbocycles. The molecule has 0 fully saturated rings. The van der Waals surface area contributed by atoms with E-state index < -0.39 is 16.8 Å². The minimum atomic E-state index is -1.46. The van der Waals surface area contributed by atoms with Crippen LogP contribution in [0.2, 0.25) is 0 Å². The summed E-state index contributed by atoms with van der Waals surface area (Å²) in [7, 11) is -1.46. The molecule has 0 spiro atoms. The molecule has 0 radical (unpaired) electrons. The average molecular weight is 293 g/mol. The van der Waals surface area contributed by atoms with E-state index >= 15 is 0 Å². The number of carboxylic acids is 1. The molecule has 1 aromatic heterocycles. The van der Waals surface area contributed by atoms with Crippen molar-refractivity contribution >= 4 is 16.8 Å². The Labute approximate surface area is 118 Å². The molecule has 0 aliphatic heterocycles. The standard InChI is InChI=1S/C13H15N3O3S/c1-2-7-16-12(14-9-15-16)8-20(19)11-6-4-3-5-10(11)13(17)18/h3-6,9H,2,7-8H2,1H3,(H,17,18). The molecule has 2 rings (SSSR count). The van der Waals surface area contributed by atoms with Gasteiger partial charge in [-0.25, -0.2) is 14.5 Å². The monoisotopic (exact) mass is 293 g/mol. The predicted octanol–water partition coefficient (Wildman–Crippen LogP) is 1.69. The molecule has 0 saturated heterocycles. The summed E-state index contributed by atoms with van der Waals surface area (Å²) >= 11 is 0. The highest BCUT2D eigenvalue weighted by Gasteiger charge is 2.17. The van der Waals surface area contributed by atoms with E-state index in [9.17, 15) is 9.00 Å². The van der Waals surface area contributed by atoms with E-state index in [1.54, 1.807) is 22.9 Å². The fraction of sp³-hybridized carbons (Fsp3) is 0.308. The molecule has 106 valence electrons. The largest absolute Gasteiger partial charge is 0.478 e.